The van der Waals surface area contributed by atoms with Crippen molar-refractivity contribution in [2.45, 2.75) is 13.1 Å². The Labute approximate surface area is 184 Å². The van der Waals surface area contributed by atoms with E-state index in [4.69, 9.17) is 11.6 Å². The van der Waals surface area contributed by atoms with Gasteiger partial charge in [0.25, 0.3) is 5.91 Å². The quantitative estimate of drug-likeness (QED) is 0.688. The molecule has 1 aliphatic rings. The monoisotopic (exact) mass is 447 g/mol. The number of phenolic OH excluding ortho intramolecular Hbond substituents is 2. The van der Waals surface area contributed by atoms with Crippen molar-refractivity contribution in [3.8, 4) is 11.5 Å². The molecule has 0 atom stereocenters. The highest BCUT2D eigenvalue weighted by atomic mass is 35.5. The van der Waals surface area contributed by atoms with E-state index in [-0.39, 0.29) is 19.0 Å². The summed E-state index contributed by atoms with van der Waals surface area (Å²) in [6.45, 7) is 0.928. The maximum Gasteiger partial charge on any atom is 0.261 e. The van der Waals surface area contributed by atoms with Crippen LogP contribution < -0.4 is 4.90 Å². The first-order chi connectivity index (χ1) is 14.6. The summed E-state index contributed by atoms with van der Waals surface area (Å²) in [5.41, 5.74) is 1.61. The summed E-state index contributed by atoms with van der Waals surface area (Å²) in [4.78, 5) is 30.2. The van der Waals surface area contributed by atoms with Crippen LogP contribution >= 0.6 is 11.6 Å². The van der Waals surface area contributed by atoms with Gasteiger partial charge in [0.2, 0.25) is 5.91 Å². The molecule has 0 fully saturated rings. The minimum atomic E-state index is -1.18. The predicted octanol–water partition coefficient (Wildman–Crippen LogP) is 3.13. The Morgan fingerprint density at radius 3 is 2.58 bits per heavy atom. The third-order valence-electron chi connectivity index (χ3n) is 5.05. The average Bonchev–Trinajstić information content (AvgIpc) is 3.15. The van der Waals surface area contributed by atoms with E-state index in [0.29, 0.717) is 12.2 Å². The molecule has 0 aliphatic carbocycles. The number of halogens is 2. The van der Waals surface area contributed by atoms with Crippen LogP contribution in [-0.2, 0) is 17.9 Å². The second-order valence-electron chi connectivity index (χ2n) is 7.56. The number of carbonyl (C=O) groups is 2. The van der Waals surface area contributed by atoms with Crippen molar-refractivity contribution in [1.29, 1.82) is 0 Å². The molecule has 0 aromatic heterocycles. The van der Waals surface area contributed by atoms with Gasteiger partial charge in [-0.2, -0.15) is 0 Å². The summed E-state index contributed by atoms with van der Waals surface area (Å²) in [5.74, 6) is -3.51. The number of fused-ring (bicyclic) bond motifs is 1. The standard InChI is InChI=1S/C22H23ClFN3O4/c1-25(2)9-5-8-18(30)26(3)15-7-4-6-13-11-27(12-14(13)15)22(31)19-16(28)10-17(29)20(23)21(19)24/h4-8,10,28-29H,9,11-12H2,1-3H3/b8-5+. The van der Waals surface area contributed by atoms with Gasteiger partial charge in [0, 0.05) is 50.1 Å². The largest absolute Gasteiger partial charge is 0.507 e. The molecule has 0 unspecified atom stereocenters. The van der Waals surface area contributed by atoms with Gasteiger partial charge >= 0.3 is 0 Å². The van der Waals surface area contributed by atoms with Crippen LogP contribution in [0, 0.1) is 5.82 Å². The Kier molecular flexibility index (Phi) is 6.52. The van der Waals surface area contributed by atoms with Crippen molar-refractivity contribution in [1.82, 2.24) is 9.80 Å². The summed E-state index contributed by atoms with van der Waals surface area (Å²) in [6.07, 6.45) is 3.25. The van der Waals surface area contributed by atoms with Crippen molar-refractivity contribution < 1.29 is 24.2 Å². The number of carbonyl (C=O) groups excluding carboxylic acids is 2. The summed E-state index contributed by atoms with van der Waals surface area (Å²) in [7, 11) is 5.44. The Morgan fingerprint density at radius 2 is 1.90 bits per heavy atom. The fourth-order valence-corrected chi connectivity index (χ4v) is 3.57. The van der Waals surface area contributed by atoms with Crippen LogP contribution in [0.1, 0.15) is 21.5 Å². The molecule has 0 radical (unpaired) electrons. The van der Waals surface area contributed by atoms with E-state index in [1.54, 1.807) is 25.3 Å². The van der Waals surface area contributed by atoms with Crippen molar-refractivity contribution in [3.63, 3.8) is 0 Å². The highest BCUT2D eigenvalue weighted by Gasteiger charge is 2.32. The van der Waals surface area contributed by atoms with Crippen LogP contribution in [0.15, 0.2) is 36.4 Å². The first kappa shape index (κ1) is 22.6. The van der Waals surface area contributed by atoms with Crippen molar-refractivity contribution >= 4 is 29.1 Å². The number of rotatable bonds is 5. The van der Waals surface area contributed by atoms with Crippen LogP contribution in [0.3, 0.4) is 0 Å². The molecular formula is C22H23ClFN3O4. The predicted molar refractivity (Wildman–Crippen MR) is 116 cm³/mol. The van der Waals surface area contributed by atoms with Gasteiger partial charge in [0.05, 0.1) is 0 Å². The van der Waals surface area contributed by atoms with Gasteiger partial charge in [-0.3, -0.25) is 9.59 Å². The molecular weight excluding hydrogens is 425 g/mol. The lowest BCUT2D eigenvalue weighted by atomic mass is 10.1. The minimum absolute atomic E-state index is 0.126. The zero-order valence-corrected chi connectivity index (χ0v) is 18.1. The van der Waals surface area contributed by atoms with E-state index >= 15 is 0 Å². The number of phenols is 2. The Morgan fingerprint density at radius 1 is 1.19 bits per heavy atom. The van der Waals surface area contributed by atoms with Crippen LogP contribution in [0.5, 0.6) is 11.5 Å². The van der Waals surface area contributed by atoms with E-state index in [1.807, 2.05) is 25.1 Å². The maximum atomic E-state index is 14.5. The number of hydrogen-bond acceptors (Lipinski definition) is 5. The molecule has 9 heteroatoms. The molecule has 164 valence electrons. The topological polar surface area (TPSA) is 84.3 Å². The molecule has 0 saturated carbocycles. The van der Waals surface area contributed by atoms with Gasteiger partial charge in [-0.25, -0.2) is 4.39 Å². The van der Waals surface area contributed by atoms with Gasteiger partial charge in [0.15, 0.2) is 5.82 Å². The lowest BCUT2D eigenvalue weighted by Crippen LogP contribution is -2.28. The van der Waals surface area contributed by atoms with E-state index in [0.717, 1.165) is 17.2 Å². The zero-order chi connectivity index (χ0) is 22.9. The normalized spacial score (nSPS) is 13.2. The first-order valence-electron chi connectivity index (χ1n) is 9.50. The fraction of sp³-hybridized carbons (Fsp3) is 0.273. The number of nitrogens with zero attached hydrogens (tertiary/aromatic N) is 3. The molecule has 0 spiro atoms. The van der Waals surface area contributed by atoms with Crippen LogP contribution in [-0.4, -0.2) is 59.5 Å². The van der Waals surface area contributed by atoms with E-state index in [1.165, 1.54) is 15.9 Å². The first-order valence-corrected chi connectivity index (χ1v) is 9.88. The number of anilines is 1. The summed E-state index contributed by atoms with van der Waals surface area (Å²) in [5, 5.41) is 18.9. The Bertz CT molecular complexity index is 1070. The van der Waals surface area contributed by atoms with E-state index < -0.39 is 33.8 Å². The van der Waals surface area contributed by atoms with Crippen LogP contribution in [0.4, 0.5) is 10.1 Å². The number of benzene rings is 2. The molecule has 0 bridgehead atoms. The Hall–Kier alpha value is -3.10. The van der Waals surface area contributed by atoms with Gasteiger partial charge < -0.3 is 24.9 Å². The molecule has 2 aromatic rings. The summed E-state index contributed by atoms with van der Waals surface area (Å²) < 4.78 is 14.5. The molecule has 2 N–H and O–H groups in total. The van der Waals surface area contributed by atoms with Gasteiger partial charge in [-0.05, 0) is 25.7 Å². The number of likely N-dealkylation sites (N-methyl/N-ethyl adjacent to an activating group) is 2. The number of amides is 2. The summed E-state index contributed by atoms with van der Waals surface area (Å²) >= 11 is 5.70. The maximum absolute atomic E-state index is 14.5. The lowest BCUT2D eigenvalue weighted by molar-refractivity contribution is -0.113. The smallest absolute Gasteiger partial charge is 0.261 e. The van der Waals surface area contributed by atoms with Gasteiger partial charge in [-0.15, -0.1) is 0 Å². The van der Waals surface area contributed by atoms with Gasteiger partial charge in [-0.1, -0.05) is 29.8 Å². The molecule has 0 saturated heterocycles. The number of hydrogen-bond donors (Lipinski definition) is 2. The van der Waals surface area contributed by atoms with E-state index in [2.05, 4.69) is 0 Å². The molecule has 3 rings (SSSR count). The third-order valence-corrected chi connectivity index (χ3v) is 5.41. The van der Waals surface area contributed by atoms with Crippen molar-refractivity contribution in [3.05, 3.63) is 63.9 Å². The number of aromatic hydroxyl groups is 2. The molecule has 31 heavy (non-hydrogen) atoms. The molecule has 1 aliphatic heterocycles. The second kappa shape index (κ2) is 8.95. The second-order valence-corrected chi connectivity index (χ2v) is 7.93. The SMILES string of the molecule is CN(C)C/C=C/C(=O)N(C)c1cccc2c1CN(C(=O)c1c(O)cc(O)c(Cl)c1F)C2. The lowest BCUT2D eigenvalue weighted by Gasteiger charge is -2.20. The summed E-state index contributed by atoms with van der Waals surface area (Å²) in [6, 6.07) is 6.22. The van der Waals surface area contributed by atoms with Crippen LogP contribution in [0.2, 0.25) is 5.02 Å². The van der Waals surface area contributed by atoms with Crippen molar-refractivity contribution in [2.75, 3.05) is 32.6 Å². The minimum Gasteiger partial charge on any atom is -0.507 e. The average molecular weight is 448 g/mol. The van der Waals surface area contributed by atoms with Crippen LogP contribution in [0.25, 0.3) is 0 Å². The molecule has 2 aromatic carbocycles. The highest BCUT2D eigenvalue weighted by Crippen LogP contribution is 2.38. The highest BCUT2D eigenvalue weighted by molar-refractivity contribution is 6.32. The zero-order valence-electron chi connectivity index (χ0n) is 17.4. The molecule has 2 amide bonds. The third kappa shape index (κ3) is 4.50. The van der Waals surface area contributed by atoms with E-state index in [9.17, 15) is 24.2 Å². The van der Waals surface area contributed by atoms with Crippen molar-refractivity contribution in [2.24, 2.45) is 0 Å². The fourth-order valence-electron chi connectivity index (χ4n) is 3.42. The van der Waals surface area contributed by atoms with Gasteiger partial charge in [0.1, 0.15) is 22.1 Å². The molecule has 7 nitrogen and oxygen atoms in total. The molecule has 1 heterocycles. The Balaban J connectivity index is 1.86.